The van der Waals surface area contributed by atoms with Gasteiger partial charge in [0.05, 0.1) is 5.52 Å². The minimum absolute atomic E-state index is 0.139. The van der Waals surface area contributed by atoms with Crippen LogP contribution in [0.25, 0.3) is 10.9 Å². The second-order valence-corrected chi connectivity index (χ2v) is 5.14. The van der Waals surface area contributed by atoms with Crippen molar-refractivity contribution in [1.82, 2.24) is 10.3 Å². The van der Waals surface area contributed by atoms with Crippen LogP contribution in [-0.4, -0.2) is 17.6 Å². The molecule has 1 aliphatic carbocycles. The Labute approximate surface area is 107 Å². The molecule has 0 amide bonds. The lowest BCUT2D eigenvalue weighted by Crippen LogP contribution is -2.34. The predicted octanol–water partition coefficient (Wildman–Crippen LogP) is 3.16. The second kappa shape index (κ2) is 4.73. The Morgan fingerprint density at radius 2 is 2.33 bits per heavy atom. The van der Waals surface area contributed by atoms with E-state index in [1.54, 1.807) is 6.07 Å². The number of hydrogen-bond donors (Lipinski definition) is 2. The maximum absolute atomic E-state index is 13.7. The van der Waals surface area contributed by atoms with E-state index in [1.807, 2.05) is 6.07 Å². The van der Waals surface area contributed by atoms with Gasteiger partial charge in [-0.3, -0.25) is 0 Å². The third-order valence-electron chi connectivity index (χ3n) is 3.86. The Morgan fingerprint density at radius 1 is 1.44 bits per heavy atom. The molecule has 0 spiro atoms. The van der Waals surface area contributed by atoms with Crippen molar-refractivity contribution in [2.24, 2.45) is 0 Å². The SMILES string of the molecule is CCCNC1CCc2[nH]c3c(F)cccc3c2C1. The van der Waals surface area contributed by atoms with E-state index in [0.717, 1.165) is 37.6 Å². The van der Waals surface area contributed by atoms with Gasteiger partial charge < -0.3 is 10.3 Å². The smallest absolute Gasteiger partial charge is 0.147 e. The van der Waals surface area contributed by atoms with Gasteiger partial charge in [-0.15, -0.1) is 0 Å². The lowest BCUT2D eigenvalue weighted by molar-refractivity contribution is 0.458. The Kier molecular flexibility index (Phi) is 3.08. The molecule has 1 heterocycles. The third-order valence-corrected chi connectivity index (χ3v) is 3.86. The number of halogens is 1. The zero-order valence-corrected chi connectivity index (χ0v) is 10.7. The van der Waals surface area contributed by atoms with Gasteiger partial charge in [-0.25, -0.2) is 4.39 Å². The summed E-state index contributed by atoms with van der Waals surface area (Å²) in [5.41, 5.74) is 3.22. The summed E-state index contributed by atoms with van der Waals surface area (Å²) in [6.07, 6.45) is 4.33. The minimum atomic E-state index is -0.139. The fourth-order valence-electron chi connectivity index (χ4n) is 2.93. The number of benzene rings is 1. The molecule has 2 aromatic rings. The predicted molar refractivity (Wildman–Crippen MR) is 72.4 cm³/mol. The van der Waals surface area contributed by atoms with Crippen LogP contribution >= 0.6 is 0 Å². The molecule has 2 N–H and O–H groups in total. The van der Waals surface area contributed by atoms with Crippen LogP contribution < -0.4 is 5.32 Å². The summed E-state index contributed by atoms with van der Waals surface area (Å²) in [6.45, 7) is 3.25. The highest BCUT2D eigenvalue weighted by molar-refractivity contribution is 5.85. The molecule has 96 valence electrons. The molecule has 1 aliphatic rings. The molecule has 2 nitrogen and oxygen atoms in total. The number of nitrogens with one attached hydrogen (secondary N) is 2. The van der Waals surface area contributed by atoms with Crippen molar-refractivity contribution < 1.29 is 4.39 Å². The molecule has 3 rings (SSSR count). The highest BCUT2D eigenvalue weighted by Crippen LogP contribution is 2.30. The van der Waals surface area contributed by atoms with Gasteiger partial charge in [0, 0.05) is 17.1 Å². The maximum Gasteiger partial charge on any atom is 0.147 e. The van der Waals surface area contributed by atoms with Gasteiger partial charge in [0.2, 0.25) is 0 Å². The van der Waals surface area contributed by atoms with Crippen molar-refractivity contribution in [3.8, 4) is 0 Å². The first-order valence-corrected chi connectivity index (χ1v) is 6.81. The number of H-pyrrole nitrogens is 1. The van der Waals surface area contributed by atoms with Crippen LogP contribution in [0.3, 0.4) is 0 Å². The third kappa shape index (κ3) is 1.93. The number of hydrogen-bond acceptors (Lipinski definition) is 1. The molecule has 18 heavy (non-hydrogen) atoms. The quantitative estimate of drug-likeness (QED) is 0.855. The van der Waals surface area contributed by atoms with Crippen molar-refractivity contribution in [2.45, 2.75) is 38.6 Å². The monoisotopic (exact) mass is 246 g/mol. The van der Waals surface area contributed by atoms with Crippen LogP contribution in [-0.2, 0) is 12.8 Å². The van der Waals surface area contributed by atoms with Crippen LogP contribution in [0.2, 0.25) is 0 Å². The highest BCUT2D eigenvalue weighted by Gasteiger charge is 2.22. The summed E-state index contributed by atoms with van der Waals surface area (Å²) in [6, 6.07) is 5.89. The normalized spacial score (nSPS) is 19.1. The van der Waals surface area contributed by atoms with E-state index in [2.05, 4.69) is 17.2 Å². The Bertz CT molecular complexity index is 559. The summed E-state index contributed by atoms with van der Waals surface area (Å²) >= 11 is 0. The Balaban J connectivity index is 1.94. The van der Waals surface area contributed by atoms with E-state index in [4.69, 9.17) is 0 Å². The average Bonchev–Trinajstić information content (AvgIpc) is 2.76. The van der Waals surface area contributed by atoms with E-state index >= 15 is 0 Å². The van der Waals surface area contributed by atoms with Crippen LogP contribution in [0.15, 0.2) is 18.2 Å². The van der Waals surface area contributed by atoms with Gasteiger partial charge in [-0.2, -0.15) is 0 Å². The molecule has 0 bridgehead atoms. The first kappa shape index (κ1) is 11.7. The molecule has 0 fully saturated rings. The Hall–Kier alpha value is -1.35. The van der Waals surface area contributed by atoms with Gasteiger partial charge >= 0.3 is 0 Å². The molecule has 1 aromatic carbocycles. The fourth-order valence-corrected chi connectivity index (χ4v) is 2.93. The van der Waals surface area contributed by atoms with E-state index in [1.165, 1.54) is 17.3 Å². The zero-order valence-electron chi connectivity index (χ0n) is 10.7. The number of fused-ring (bicyclic) bond motifs is 3. The lowest BCUT2D eigenvalue weighted by atomic mass is 9.91. The highest BCUT2D eigenvalue weighted by atomic mass is 19.1. The van der Waals surface area contributed by atoms with Gasteiger partial charge in [-0.05, 0) is 43.9 Å². The summed E-state index contributed by atoms with van der Waals surface area (Å²) < 4.78 is 13.7. The Morgan fingerprint density at radius 3 is 3.17 bits per heavy atom. The number of aromatic nitrogens is 1. The molecule has 1 unspecified atom stereocenters. The molecule has 1 aromatic heterocycles. The van der Waals surface area contributed by atoms with E-state index in [0.29, 0.717) is 11.6 Å². The topological polar surface area (TPSA) is 27.8 Å². The van der Waals surface area contributed by atoms with Crippen molar-refractivity contribution in [1.29, 1.82) is 0 Å². The van der Waals surface area contributed by atoms with Crippen molar-refractivity contribution in [3.05, 3.63) is 35.3 Å². The molecule has 0 saturated heterocycles. The van der Waals surface area contributed by atoms with Gasteiger partial charge in [0.1, 0.15) is 5.82 Å². The number of para-hydroxylation sites is 1. The minimum Gasteiger partial charge on any atom is -0.356 e. The zero-order chi connectivity index (χ0) is 12.5. The fraction of sp³-hybridized carbons (Fsp3) is 0.467. The number of aryl methyl sites for hydroxylation is 1. The molecule has 0 radical (unpaired) electrons. The van der Waals surface area contributed by atoms with Gasteiger partial charge in [0.15, 0.2) is 0 Å². The number of aromatic amines is 1. The van der Waals surface area contributed by atoms with Gasteiger partial charge in [0.25, 0.3) is 0 Å². The van der Waals surface area contributed by atoms with Crippen molar-refractivity contribution >= 4 is 10.9 Å². The average molecular weight is 246 g/mol. The summed E-state index contributed by atoms with van der Waals surface area (Å²) in [4.78, 5) is 3.26. The molecule has 1 atom stereocenters. The van der Waals surface area contributed by atoms with Crippen molar-refractivity contribution in [3.63, 3.8) is 0 Å². The molecule has 3 heteroatoms. The van der Waals surface area contributed by atoms with Crippen LogP contribution in [0.5, 0.6) is 0 Å². The first-order chi connectivity index (χ1) is 8.79. The molecule has 0 saturated carbocycles. The van der Waals surface area contributed by atoms with E-state index in [9.17, 15) is 4.39 Å². The summed E-state index contributed by atoms with van der Waals surface area (Å²) in [5, 5.41) is 4.64. The second-order valence-electron chi connectivity index (χ2n) is 5.14. The van der Waals surface area contributed by atoms with E-state index in [-0.39, 0.29) is 5.82 Å². The van der Waals surface area contributed by atoms with Crippen molar-refractivity contribution in [2.75, 3.05) is 6.54 Å². The molecular formula is C15H19FN2. The molecular weight excluding hydrogens is 227 g/mol. The van der Waals surface area contributed by atoms with Crippen LogP contribution in [0, 0.1) is 5.82 Å². The maximum atomic E-state index is 13.7. The standard InChI is InChI=1S/C15H19FN2/c1-2-8-17-10-6-7-14-12(9-10)11-4-3-5-13(16)15(11)18-14/h3-5,10,17-18H,2,6-9H2,1H3. The van der Waals surface area contributed by atoms with Gasteiger partial charge in [-0.1, -0.05) is 19.1 Å². The largest absolute Gasteiger partial charge is 0.356 e. The lowest BCUT2D eigenvalue weighted by Gasteiger charge is -2.23. The number of rotatable bonds is 3. The van der Waals surface area contributed by atoms with Crippen LogP contribution in [0.1, 0.15) is 31.0 Å². The van der Waals surface area contributed by atoms with E-state index < -0.39 is 0 Å². The molecule has 0 aliphatic heterocycles. The van der Waals surface area contributed by atoms with Crippen LogP contribution in [0.4, 0.5) is 4.39 Å². The summed E-state index contributed by atoms with van der Waals surface area (Å²) in [5.74, 6) is -0.139. The summed E-state index contributed by atoms with van der Waals surface area (Å²) in [7, 11) is 0. The first-order valence-electron chi connectivity index (χ1n) is 6.81.